The fourth-order valence-corrected chi connectivity index (χ4v) is 1.43. The molecule has 4 heteroatoms. The first-order chi connectivity index (χ1) is 7.20. The van der Waals surface area contributed by atoms with Gasteiger partial charge in [0.05, 0.1) is 0 Å². The van der Waals surface area contributed by atoms with Gasteiger partial charge in [0.2, 0.25) is 5.91 Å². The maximum absolute atomic E-state index is 11.9. The molecule has 1 rings (SSSR count). The van der Waals surface area contributed by atoms with Crippen molar-refractivity contribution >= 4 is 5.91 Å². The molecule has 0 aliphatic heterocycles. The van der Waals surface area contributed by atoms with Crippen LogP contribution in [0.3, 0.4) is 0 Å². The Kier molecular flexibility index (Phi) is 4.24. The standard InChI is InChI=1S/C11H17N3O/c1-3-14(4-2)11(15)10(12)9-6-5-7-13-8-9/h5-8,10H,3-4,12H2,1-2H3. The molecule has 0 saturated heterocycles. The molecule has 0 aliphatic rings. The van der Waals surface area contributed by atoms with Crippen molar-refractivity contribution in [2.24, 2.45) is 5.73 Å². The van der Waals surface area contributed by atoms with Crippen LogP contribution in [0.4, 0.5) is 0 Å². The zero-order valence-electron chi connectivity index (χ0n) is 9.18. The van der Waals surface area contributed by atoms with Gasteiger partial charge >= 0.3 is 0 Å². The number of likely N-dealkylation sites (N-methyl/N-ethyl adjacent to an activating group) is 1. The molecule has 0 aromatic carbocycles. The maximum Gasteiger partial charge on any atom is 0.244 e. The van der Waals surface area contributed by atoms with Crippen LogP contribution < -0.4 is 5.73 Å². The van der Waals surface area contributed by atoms with Crippen molar-refractivity contribution in [2.45, 2.75) is 19.9 Å². The first kappa shape index (κ1) is 11.7. The van der Waals surface area contributed by atoms with Crippen molar-refractivity contribution in [3.8, 4) is 0 Å². The summed E-state index contributed by atoms with van der Waals surface area (Å²) in [5.74, 6) is -0.0481. The Morgan fingerprint density at radius 1 is 1.53 bits per heavy atom. The molecule has 1 aromatic rings. The zero-order valence-corrected chi connectivity index (χ0v) is 9.18. The SMILES string of the molecule is CCN(CC)C(=O)C(N)c1cccnc1. The molecule has 1 unspecified atom stereocenters. The molecule has 1 heterocycles. The quantitative estimate of drug-likeness (QED) is 0.799. The molecule has 0 fully saturated rings. The largest absolute Gasteiger partial charge is 0.342 e. The number of nitrogens with two attached hydrogens (primary N) is 1. The minimum atomic E-state index is -0.599. The molecular formula is C11H17N3O. The molecule has 0 saturated carbocycles. The minimum Gasteiger partial charge on any atom is -0.342 e. The summed E-state index contributed by atoms with van der Waals surface area (Å²) >= 11 is 0. The number of hydrogen-bond donors (Lipinski definition) is 1. The minimum absolute atomic E-state index is 0.0481. The van der Waals surface area contributed by atoms with Crippen molar-refractivity contribution < 1.29 is 4.79 Å². The van der Waals surface area contributed by atoms with Crippen LogP contribution in [0.5, 0.6) is 0 Å². The Morgan fingerprint density at radius 3 is 2.67 bits per heavy atom. The molecule has 0 radical (unpaired) electrons. The van der Waals surface area contributed by atoms with Crippen LogP contribution in [0.25, 0.3) is 0 Å². The lowest BCUT2D eigenvalue weighted by Gasteiger charge is -2.22. The predicted molar refractivity (Wildman–Crippen MR) is 59.1 cm³/mol. The molecule has 0 aliphatic carbocycles. The molecule has 82 valence electrons. The molecule has 2 N–H and O–H groups in total. The second kappa shape index (κ2) is 5.46. The van der Waals surface area contributed by atoms with Crippen LogP contribution in [0.15, 0.2) is 24.5 Å². The van der Waals surface area contributed by atoms with Gasteiger partial charge in [-0.3, -0.25) is 9.78 Å². The summed E-state index contributed by atoms with van der Waals surface area (Å²) in [7, 11) is 0. The Morgan fingerprint density at radius 2 is 2.20 bits per heavy atom. The van der Waals surface area contributed by atoms with Gasteiger partial charge in [-0.15, -0.1) is 0 Å². The molecule has 1 amide bonds. The van der Waals surface area contributed by atoms with E-state index in [2.05, 4.69) is 4.98 Å². The lowest BCUT2D eigenvalue weighted by Crippen LogP contribution is -2.38. The van der Waals surface area contributed by atoms with E-state index in [-0.39, 0.29) is 5.91 Å². The Labute approximate surface area is 90.1 Å². The van der Waals surface area contributed by atoms with Gasteiger partial charge < -0.3 is 10.6 Å². The number of pyridine rings is 1. The van der Waals surface area contributed by atoms with Crippen LogP contribution in [-0.2, 0) is 4.79 Å². The van der Waals surface area contributed by atoms with Gasteiger partial charge in [-0.1, -0.05) is 6.07 Å². The van der Waals surface area contributed by atoms with Crippen molar-refractivity contribution in [1.82, 2.24) is 9.88 Å². The number of amides is 1. The van der Waals surface area contributed by atoms with E-state index in [9.17, 15) is 4.79 Å². The highest BCUT2D eigenvalue weighted by Crippen LogP contribution is 2.11. The van der Waals surface area contributed by atoms with Gasteiger partial charge in [-0.2, -0.15) is 0 Å². The smallest absolute Gasteiger partial charge is 0.244 e. The second-order valence-electron chi connectivity index (χ2n) is 3.27. The van der Waals surface area contributed by atoms with Crippen LogP contribution in [0.1, 0.15) is 25.5 Å². The van der Waals surface area contributed by atoms with E-state index in [0.29, 0.717) is 13.1 Å². The van der Waals surface area contributed by atoms with E-state index in [1.165, 1.54) is 0 Å². The van der Waals surface area contributed by atoms with Crippen molar-refractivity contribution in [3.63, 3.8) is 0 Å². The monoisotopic (exact) mass is 207 g/mol. The molecule has 4 nitrogen and oxygen atoms in total. The van der Waals surface area contributed by atoms with Gasteiger partial charge in [-0.05, 0) is 25.5 Å². The van der Waals surface area contributed by atoms with Gasteiger partial charge in [-0.25, -0.2) is 0 Å². The van der Waals surface area contributed by atoms with Crippen LogP contribution in [0.2, 0.25) is 0 Å². The number of carbonyl (C=O) groups excluding carboxylic acids is 1. The van der Waals surface area contributed by atoms with Crippen molar-refractivity contribution in [3.05, 3.63) is 30.1 Å². The van der Waals surface area contributed by atoms with E-state index in [1.54, 1.807) is 23.4 Å². The van der Waals surface area contributed by atoms with Crippen molar-refractivity contribution in [1.29, 1.82) is 0 Å². The molecule has 15 heavy (non-hydrogen) atoms. The Hall–Kier alpha value is -1.42. The van der Waals surface area contributed by atoms with Gasteiger partial charge in [0.1, 0.15) is 6.04 Å². The second-order valence-corrected chi connectivity index (χ2v) is 3.27. The third-order valence-electron chi connectivity index (χ3n) is 2.38. The van der Waals surface area contributed by atoms with E-state index in [1.807, 2.05) is 19.9 Å². The molecule has 0 spiro atoms. The highest BCUT2D eigenvalue weighted by Gasteiger charge is 2.19. The van der Waals surface area contributed by atoms with Gasteiger partial charge in [0.25, 0.3) is 0 Å². The Balaban J connectivity index is 2.76. The maximum atomic E-state index is 11.9. The number of rotatable bonds is 4. The topological polar surface area (TPSA) is 59.2 Å². The highest BCUT2D eigenvalue weighted by molar-refractivity contribution is 5.82. The summed E-state index contributed by atoms with van der Waals surface area (Å²) in [6, 6.07) is 3.00. The van der Waals surface area contributed by atoms with Crippen LogP contribution in [-0.4, -0.2) is 28.9 Å². The average molecular weight is 207 g/mol. The lowest BCUT2D eigenvalue weighted by molar-refractivity contribution is -0.132. The normalized spacial score (nSPS) is 12.2. The molecule has 0 bridgehead atoms. The van der Waals surface area contributed by atoms with Gasteiger partial charge in [0.15, 0.2) is 0 Å². The summed E-state index contributed by atoms with van der Waals surface area (Å²) in [5.41, 5.74) is 6.62. The first-order valence-electron chi connectivity index (χ1n) is 5.15. The van der Waals surface area contributed by atoms with Gasteiger partial charge in [0, 0.05) is 25.5 Å². The van der Waals surface area contributed by atoms with Crippen molar-refractivity contribution in [2.75, 3.05) is 13.1 Å². The number of aromatic nitrogens is 1. The van der Waals surface area contributed by atoms with Crippen LogP contribution in [0, 0.1) is 0 Å². The fraction of sp³-hybridized carbons (Fsp3) is 0.455. The number of carbonyl (C=O) groups is 1. The summed E-state index contributed by atoms with van der Waals surface area (Å²) in [6.45, 7) is 5.25. The van der Waals surface area contributed by atoms with E-state index >= 15 is 0 Å². The van der Waals surface area contributed by atoms with E-state index in [0.717, 1.165) is 5.56 Å². The average Bonchev–Trinajstić information content (AvgIpc) is 2.30. The molecular weight excluding hydrogens is 190 g/mol. The molecule has 1 aromatic heterocycles. The third-order valence-corrected chi connectivity index (χ3v) is 2.38. The molecule has 1 atom stereocenters. The summed E-state index contributed by atoms with van der Waals surface area (Å²) in [5, 5.41) is 0. The highest BCUT2D eigenvalue weighted by atomic mass is 16.2. The lowest BCUT2D eigenvalue weighted by atomic mass is 10.1. The summed E-state index contributed by atoms with van der Waals surface area (Å²) in [6.07, 6.45) is 3.30. The summed E-state index contributed by atoms with van der Waals surface area (Å²) < 4.78 is 0. The van der Waals surface area contributed by atoms with E-state index < -0.39 is 6.04 Å². The van der Waals surface area contributed by atoms with Crippen LogP contribution >= 0.6 is 0 Å². The predicted octanol–water partition coefficient (Wildman–Crippen LogP) is 0.950. The van der Waals surface area contributed by atoms with E-state index in [4.69, 9.17) is 5.73 Å². The summed E-state index contributed by atoms with van der Waals surface area (Å²) in [4.78, 5) is 17.5. The number of nitrogens with zero attached hydrogens (tertiary/aromatic N) is 2. The number of hydrogen-bond acceptors (Lipinski definition) is 3. The fourth-order valence-electron chi connectivity index (χ4n) is 1.43. The third kappa shape index (κ3) is 2.76. The zero-order chi connectivity index (χ0) is 11.3. The first-order valence-corrected chi connectivity index (χ1v) is 5.15. The Bertz CT molecular complexity index is 309.